The molecule has 1 fully saturated rings. The van der Waals surface area contributed by atoms with Gasteiger partial charge in [-0.1, -0.05) is 17.7 Å². The van der Waals surface area contributed by atoms with E-state index in [2.05, 4.69) is 62.3 Å². The molecule has 1 aromatic rings. The van der Waals surface area contributed by atoms with Gasteiger partial charge in [0.25, 0.3) is 0 Å². The molecule has 0 radical (unpaired) electrons. The van der Waals surface area contributed by atoms with Crippen LogP contribution >= 0.6 is 0 Å². The number of rotatable bonds is 3. The molecule has 0 amide bonds. The van der Waals surface area contributed by atoms with Crippen molar-refractivity contribution in [1.29, 1.82) is 0 Å². The average molecular weight is 246 g/mol. The molecule has 1 unspecified atom stereocenters. The highest BCUT2D eigenvalue weighted by atomic mass is 15.2. The molecule has 0 bridgehead atoms. The fraction of sp³-hybridized carbons (Fsp3) is 0.625. The van der Waals surface area contributed by atoms with Crippen LogP contribution in [0.25, 0.3) is 0 Å². The van der Waals surface area contributed by atoms with Crippen LogP contribution in [0.3, 0.4) is 0 Å². The van der Waals surface area contributed by atoms with E-state index in [1.807, 2.05) is 0 Å². The second kappa shape index (κ2) is 5.31. The van der Waals surface area contributed by atoms with Gasteiger partial charge in [0.2, 0.25) is 0 Å². The summed E-state index contributed by atoms with van der Waals surface area (Å²) in [7, 11) is 2.05. The molecule has 2 nitrogen and oxygen atoms in total. The van der Waals surface area contributed by atoms with Gasteiger partial charge in [-0.15, -0.1) is 0 Å². The molecule has 0 aromatic heterocycles. The fourth-order valence-corrected chi connectivity index (χ4v) is 3.20. The van der Waals surface area contributed by atoms with Crippen molar-refractivity contribution < 1.29 is 0 Å². The fourth-order valence-electron chi connectivity index (χ4n) is 3.20. The molecule has 18 heavy (non-hydrogen) atoms. The van der Waals surface area contributed by atoms with E-state index in [0.29, 0.717) is 0 Å². The molecule has 1 aromatic carbocycles. The molecule has 100 valence electrons. The molecule has 0 spiro atoms. The van der Waals surface area contributed by atoms with Crippen molar-refractivity contribution in [3.63, 3.8) is 0 Å². The predicted molar refractivity (Wildman–Crippen MR) is 79.3 cm³/mol. The lowest BCUT2D eigenvalue weighted by molar-refractivity contribution is 0.270. The van der Waals surface area contributed by atoms with Crippen molar-refractivity contribution in [1.82, 2.24) is 5.32 Å². The zero-order valence-corrected chi connectivity index (χ0v) is 12.2. The minimum absolute atomic E-state index is 0.259. The smallest absolute Gasteiger partial charge is 0.0370 e. The number of nitrogens with one attached hydrogen (secondary N) is 1. The highest BCUT2D eigenvalue weighted by molar-refractivity contribution is 5.50. The lowest BCUT2D eigenvalue weighted by atomic mass is 9.82. The van der Waals surface area contributed by atoms with Crippen molar-refractivity contribution in [2.45, 2.75) is 39.2 Å². The highest BCUT2D eigenvalue weighted by Crippen LogP contribution is 2.35. The maximum Gasteiger partial charge on any atom is 0.0370 e. The van der Waals surface area contributed by atoms with Crippen molar-refractivity contribution in [2.75, 3.05) is 25.0 Å². The number of piperidine rings is 1. The first-order valence-corrected chi connectivity index (χ1v) is 7.02. The summed E-state index contributed by atoms with van der Waals surface area (Å²) in [5.74, 6) is 0.812. The summed E-state index contributed by atoms with van der Waals surface area (Å²) in [6, 6.07) is 8.95. The van der Waals surface area contributed by atoms with Gasteiger partial charge in [-0.2, -0.15) is 0 Å². The number of aryl methyl sites for hydroxylation is 1. The van der Waals surface area contributed by atoms with Crippen molar-refractivity contribution >= 4 is 5.69 Å². The summed E-state index contributed by atoms with van der Waals surface area (Å²) in [4.78, 5) is 2.57. The van der Waals surface area contributed by atoms with Crippen LogP contribution in [0, 0.1) is 12.8 Å². The quantitative estimate of drug-likeness (QED) is 0.881. The zero-order chi connectivity index (χ0) is 13.2. The summed E-state index contributed by atoms with van der Waals surface area (Å²) in [5, 5.41) is 3.32. The van der Waals surface area contributed by atoms with Crippen LogP contribution in [-0.2, 0) is 0 Å². The number of hydrogen-bond acceptors (Lipinski definition) is 2. The van der Waals surface area contributed by atoms with Gasteiger partial charge >= 0.3 is 0 Å². The Morgan fingerprint density at radius 1 is 1.28 bits per heavy atom. The first-order valence-electron chi connectivity index (χ1n) is 7.02. The molecular formula is C16H26N2. The monoisotopic (exact) mass is 246 g/mol. The number of benzene rings is 1. The maximum atomic E-state index is 3.32. The SMILES string of the molecule is CNCC1CCN(c2ccc(C)cc2)C(C)(C)C1. The Bertz CT molecular complexity index is 381. The lowest BCUT2D eigenvalue weighted by Crippen LogP contribution is -2.51. The highest BCUT2D eigenvalue weighted by Gasteiger charge is 2.34. The third-order valence-corrected chi connectivity index (χ3v) is 4.12. The Hall–Kier alpha value is -1.02. The van der Waals surface area contributed by atoms with Crippen LogP contribution < -0.4 is 10.2 Å². The molecule has 0 saturated carbocycles. The van der Waals surface area contributed by atoms with E-state index in [9.17, 15) is 0 Å². The molecule has 2 rings (SSSR count). The normalized spacial score (nSPS) is 23.1. The van der Waals surface area contributed by atoms with Gasteiger partial charge in [0.1, 0.15) is 0 Å². The van der Waals surface area contributed by atoms with Crippen LogP contribution in [-0.4, -0.2) is 25.7 Å². The molecular weight excluding hydrogens is 220 g/mol. The van der Waals surface area contributed by atoms with Gasteiger partial charge in [0.05, 0.1) is 0 Å². The summed E-state index contributed by atoms with van der Waals surface area (Å²) >= 11 is 0. The maximum absolute atomic E-state index is 3.32. The second-order valence-electron chi connectivity index (χ2n) is 6.22. The molecule has 1 N–H and O–H groups in total. The molecule has 1 aliphatic heterocycles. The van der Waals surface area contributed by atoms with Gasteiger partial charge in [0.15, 0.2) is 0 Å². The van der Waals surface area contributed by atoms with E-state index in [0.717, 1.165) is 12.5 Å². The standard InChI is InChI=1S/C16H26N2/c1-13-5-7-15(8-6-13)18-10-9-14(12-17-4)11-16(18,2)3/h5-8,14,17H,9-12H2,1-4H3. The topological polar surface area (TPSA) is 15.3 Å². The average Bonchev–Trinajstić information content (AvgIpc) is 2.30. The molecule has 1 saturated heterocycles. The molecule has 1 heterocycles. The van der Waals surface area contributed by atoms with E-state index in [4.69, 9.17) is 0 Å². The largest absolute Gasteiger partial charge is 0.366 e. The van der Waals surface area contributed by atoms with Crippen LogP contribution in [0.1, 0.15) is 32.3 Å². The molecule has 0 aliphatic carbocycles. The molecule has 1 aliphatic rings. The van der Waals surface area contributed by atoms with E-state index in [1.54, 1.807) is 0 Å². The number of hydrogen-bond donors (Lipinski definition) is 1. The lowest BCUT2D eigenvalue weighted by Gasteiger charge is -2.47. The number of anilines is 1. The van der Waals surface area contributed by atoms with Crippen LogP contribution in [0.15, 0.2) is 24.3 Å². The predicted octanol–water partition coefficient (Wildman–Crippen LogP) is 3.21. The van der Waals surface area contributed by atoms with Crippen LogP contribution in [0.2, 0.25) is 0 Å². The summed E-state index contributed by atoms with van der Waals surface area (Å²) < 4.78 is 0. The first kappa shape index (κ1) is 13.4. The summed E-state index contributed by atoms with van der Waals surface area (Å²) in [6.07, 6.45) is 2.56. The minimum atomic E-state index is 0.259. The molecule has 2 heteroatoms. The van der Waals surface area contributed by atoms with Gasteiger partial charge in [-0.25, -0.2) is 0 Å². The van der Waals surface area contributed by atoms with Gasteiger partial charge < -0.3 is 10.2 Å². The van der Waals surface area contributed by atoms with Crippen LogP contribution in [0.4, 0.5) is 5.69 Å². The second-order valence-corrected chi connectivity index (χ2v) is 6.22. The molecule has 1 atom stereocenters. The van der Waals surface area contributed by atoms with E-state index >= 15 is 0 Å². The summed E-state index contributed by atoms with van der Waals surface area (Å²) in [5.41, 5.74) is 2.96. The van der Waals surface area contributed by atoms with Gasteiger partial charge in [0, 0.05) is 17.8 Å². The Balaban J connectivity index is 2.12. The minimum Gasteiger partial charge on any atom is -0.366 e. The third kappa shape index (κ3) is 2.86. The van der Waals surface area contributed by atoms with Gasteiger partial charge in [-0.3, -0.25) is 0 Å². The van der Waals surface area contributed by atoms with E-state index in [-0.39, 0.29) is 5.54 Å². The third-order valence-electron chi connectivity index (χ3n) is 4.12. The van der Waals surface area contributed by atoms with E-state index < -0.39 is 0 Å². The van der Waals surface area contributed by atoms with Crippen molar-refractivity contribution in [3.05, 3.63) is 29.8 Å². The van der Waals surface area contributed by atoms with Gasteiger partial charge in [-0.05, 0) is 65.3 Å². The zero-order valence-electron chi connectivity index (χ0n) is 12.2. The van der Waals surface area contributed by atoms with Crippen molar-refractivity contribution in [2.24, 2.45) is 5.92 Å². The Kier molecular flexibility index (Phi) is 3.96. The van der Waals surface area contributed by atoms with E-state index in [1.165, 1.54) is 30.6 Å². The Morgan fingerprint density at radius 2 is 1.94 bits per heavy atom. The Morgan fingerprint density at radius 3 is 2.50 bits per heavy atom. The Labute approximate surface area is 111 Å². The van der Waals surface area contributed by atoms with Crippen LogP contribution in [0.5, 0.6) is 0 Å². The van der Waals surface area contributed by atoms with Crippen molar-refractivity contribution in [3.8, 4) is 0 Å². The number of nitrogens with zero attached hydrogens (tertiary/aromatic N) is 1. The first-order chi connectivity index (χ1) is 8.53. The summed E-state index contributed by atoms with van der Waals surface area (Å²) in [6.45, 7) is 9.20.